The normalized spacial score (nSPS) is 13.0. The third kappa shape index (κ3) is 6.06. The molecule has 0 aliphatic carbocycles. The average Bonchev–Trinajstić information content (AvgIpc) is 3.50. The lowest BCUT2D eigenvalue weighted by Gasteiger charge is -2.36. The van der Waals surface area contributed by atoms with E-state index >= 15 is 0 Å². The monoisotopic (exact) mass is 554 g/mol. The zero-order valence-corrected chi connectivity index (χ0v) is 23.2. The van der Waals surface area contributed by atoms with E-state index < -0.39 is 0 Å². The molecule has 2 amide bonds. The summed E-state index contributed by atoms with van der Waals surface area (Å²) in [5.74, 6) is 2.92. The highest BCUT2D eigenvalue weighted by molar-refractivity contribution is 6.02. The van der Waals surface area contributed by atoms with Crippen molar-refractivity contribution in [3.63, 3.8) is 0 Å². The molecule has 10 heteroatoms. The van der Waals surface area contributed by atoms with Gasteiger partial charge in [-0.05, 0) is 48.5 Å². The number of fused-ring (bicyclic) bond motifs is 1. The number of urea groups is 1. The number of H-pyrrole nitrogens is 1. The Bertz CT molecular complexity index is 1540. The van der Waals surface area contributed by atoms with Gasteiger partial charge in [0.2, 0.25) is 0 Å². The summed E-state index contributed by atoms with van der Waals surface area (Å²) in [7, 11) is 3.38. The second-order valence-corrected chi connectivity index (χ2v) is 9.47. The Hall–Kier alpha value is -5.12. The van der Waals surface area contributed by atoms with Gasteiger partial charge in [-0.2, -0.15) is 0 Å². The van der Waals surface area contributed by atoms with Gasteiger partial charge in [0.15, 0.2) is 11.5 Å². The number of benzene rings is 3. The summed E-state index contributed by atoms with van der Waals surface area (Å²) in [6.07, 6.45) is 3.55. The van der Waals surface area contributed by atoms with E-state index in [0.29, 0.717) is 67.1 Å². The molecule has 1 fully saturated rings. The molecule has 0 bridgehead atoms. The summed E-state index contributed by atoms with van der Waals surface area (Å²) < 4.78 is 17.3. The van der Waals surface area contributed by atoms with Crippen LogP contribution in [0.3, 0.4) is 0 Å². The smallest absolute Gasteiger partial charge is 0.321 e. The largest absolute Gasteiger partial charge is 0.493 e. The number of carbonyl (C=O) groups excluding carboxylic acids is 1. The molecular weight excluding hydrogens is 520 g/mol. The van der Waals surface area contributed by atoms with Crippen molar-refractivity contribution in [1.82, 2.24) is 14.8 Å². The highest BCUT2D eigenvalue weighted by Crippen LogP contribution is 2.34. The van der Waals surface area contributed by atoms with Crippen LogP contribution in [0.1, 0.15) is 5.56 Å². The van der Waals surface area contributed by atoms with E-state index in [0.717, 1.165) is 22.3 Å². The molecule has 1 saturated heterocycles. The van der Waals surface area contributed by atoms with Crippen molar-refractivity contribution in [1.29, 1.82) is 5.41 Å². The van der Waals surface area contributed by atoms with Crippen LogP contribution in [0.2, 0.25) is 0 Å². The molecule has 0 saturated carbocycles. The minimum absolute atomic E-state index is 0.178. The predicted molar refractivity (Wildman–Crippen MR) is 162 cm³/mol. The van der Waals surface area contributed by atoms with Gasteiger partial charge in [-0.3, -0.25) is 5.41 Å². The number of ether oxygens (including phenoxy) is 3. The summed E-state index contributed by atoms with van der Waals surface area (Å²) in [5, 5.41) is 16.0. The fourth-order valence-electron chi connectivity index (χ4n) is 4.77. The number of nitrogens with one attached hydrogen (secondary N) is 4. The molecule has 4 aromatic rings. The van der Waals surface area contributed by atoms with Crippen molar-refractivity contribution in [2.45, 2.75) is 0 Å². The second-order valence-electron chi connectivity index (χ2n) is 9.47. The first-order valence-corrected chi connectivity index (χ1v) is 13.4. The van der Waals surface area contributed by atoms with Crippen LogP contribution in [0.5, 0.6) is 23.0 Å². The Morgan fingerprint density at radius 1 is 1.02 bits per heavy atom. The number of hydrogen-bond acceptors (Lipinski definition) is 6. The topological polar surface area (TPSA) is 115 Å². The molecule has 5 rings (SSSR count). The molecule has 2 heterocycles. The standard InChI is InChI=1S/C31H34N6O4/c1-4-18-40-29-20-26(33-2)24(19-28(29)39-3)30(32)36-14-16-37(17-15-36)31(38)35-21-8-10-22(11-9-21)41-27-7-5-6-25-23(27)12-13-34-25/h4-13,19-20,32-34H,1,14-18H2,2-3H3,(H,35,38). The molecule has 41 heavy (non-hydrogen) atoms. The lowest BCUT2D eigenvalue weighted by molar-refractivity contribution is 0.181. The van der Waals surface area contributed by atoms with Crippen molar-refractivity contribution in [2.24, 2.45) is 0 Å². The lowest BCUT2D eigenvalue weighted by atomic mass is 10.1. The van der Waals surface area contributed by atoms with Gasteiger partial charge in [0.05, 0.1) is 7.11 Å². The molecule has 4 N–H and O–H groups in total. The maximum Gasteiger partial charge on any atom is 0.321 e. The van der Waals surface area contributed by atoms with E-state index in [9.17, 15) is 4.79 Å². The number of carbonyl (C=O) groups is 1. The van der Waals surface area contributed by atoms with E-state index in [1.807, 2.05) is 65.7 Å². The summed E-state index contributed by atoms with van der Waals surface area (Å²) in [6, 6.07) is 18.6. The van der Waals surface area contributed by atoms with Gasteiger partial charge in [-0.1, -0.05) is 18.7 Å². The minimum atomic E-state index is -0.178. The fourth-order valence-corrected chi connectivity index (χ4v) is 4.77. The second kappa shape index (κ2) is 12.4. The SMILES string of the molecule is C=CCOc1cc(NC)c(C(=N)N2CCN(C(=O)Nc3ccc(Oc4cccc5[nH]ccc45)cc3)CC2)cc1OC. The number of rotatable bonds is 9. The molecule has 0 spiro atoms. The van der Waals surface area contributed by atoms with Crippen LogP contribution < -0.4 is 24.8 Å². The van der Waals surface area contributed by atoms with Gasteiger partial charge in [-0.15, -0.1) is 0 Å². The number of hydrogen-bond donors (Lipinski definition) is 4. The number of methoxy groups -OCH3 is 1. The Kier molecular flexibility index (Phi) is 8.28. The van der Waals surface area contributed by atoms with Crippen LogP contribution in [0.15, 0.2) is 79.5 Å². The van der Waals surface area contributed by atoms with Gasteiger partial charge < -0.3 is 39.6 Å². The van der Waals surface area contributed by atoms with E-state index in [1.165, 1.54) is 0 Å². The number of amides is 2. The number of aromatic amines is 1. The van der Waals surface area contributed by atoms with Gasteiger partial charge in [0.25, 0.3) is 0 Å². The average molecular weight is 555 g/mol. The first-order chi connectivity index (χ1) is 20.0. The molecule has 0 unspecified atom stereocenters. The van der Waals surface area contributed by atoms with Crippen LogP contribution in [-0.2, 0) is 0 Å². The maximum atomic E-state index is 13.0. The van der Waals surface area contributed by atoms with Gasteiger partial charge in [-0.25, -0.2) is 4.79 Å². The Balaban J connectivity index is 1.17. The highest BCUT2D eigenvalue weighted by atomic mass is 16.5. The zero-order chi connectivity index (χ0) is 28.8. The number of amidine groups is 1. The molecule has 1 aliphatic heterocycles. The summed E-state index contributed by atoms with van der Waals surface area (Å²) in [4.78, 5) is 19.9. The number of piperazine rings is 1. The van der Waals surface area contributed by atoms with Gasteiger partial charge in [0.1, 0.15) is 23.9 Å². The van der Waals surface area contributed by atoms with Crippen molar-refractivity contribution < 1.29 is 19.0 Å². The molecule has 10 nitrogen and oxygen atoms in total. The molecule has 3 aromatic carbocycles. The van der Waals surface area contributed by atoms with Crippen LogP contribution >= 0.6 is 0 Å². The van der Waals surface area contributed by atoms with Crippen molar-refractivity contribution >= 4 is 34.1 Å². The van der Waals surface area contributed by atoms with Crippen LogP contribution in [0.4, 0.5) is 16.2 Å². The maximum absolute atomic E-state index is 13.0. The Morgan fingerprint density at radius 2 is 1.78 bits per heavy atom. The van der Waals surface area contributed by atoms with Crippen LogP contribution in [0, 0.1) is 5.41 Å². The van der Waals surface area contributed by atoms with Crippen molar-refractivity contribution in [3.8, 4) is 23.0 Å². The fraction of sp³-hybridized carbons (Fsp3) is 0.226. The minimum Gasteiger partial charge on any atom is -0.493 e. The van der Waals surface area contributed by atoms with Crippen LogP contribution in [0.25, 0.3) is 10.9 Å². The third-order valence-corrected chi connectivity index (χ3v) is 6.96. The summed E-state index contributed by atoms with van der Waals surface area (Å²) in [6.45, 7) is 6.08. The van der Waals surface area contributed by atoms with Crippen LogP contribution in [-0.4, -0.2) is 73.6 Å². The summed E-state index contributed by atoms with van der Waals surface area (Å²) in [5.41, 5.74) is 3.15. The molecular formula is C31H34N6O4. The van der Waals surface area contributed by atoms with E-state index in [-0.39, 0.29) is 6.03 Å². The quantitative estimate of drug-likeness (QED) is 0.119. The van der Waals surface area contributed by atoms with E-state index in [2.05, 4.69) is 22.2 Å². The number of anilines is 2. The first kappa shape index (κ1) is 27.4. The summed E-state index contributed by atoms with van der Waals surface area (Å²) >= 11 is 0. The zero-order valence-electron chi connectivity index (χ0n) is 23.2. The number of aromatic nitrogens is 1. The predicted octanol–water partition coefficient (Wildman–Crippen LogP) is 5.75. The van der Waals surface area contributed by atoms with E-state index in [1.54, 1.807) is 31.2 Å². The first-order valence-electron chi connectivity index (χ1n) is 13.4. The Labute approximate surface area is 239 Å². The Morgan fingerprint density at radius 3 is 2.49 bits per heavy atom. The molecule has 1 aliphatic rings. The number of nitrogens with zero attached hydrogens (tertiary/aromatic N) is 2. The molecule has 0 radical (unpaired) electrons. The molecule has 212 valence electrons. The van der Waals surface area contributed by atoms with Gasteiger partial charge >= 0.3 is 6.03 Å². The molecule has 0 atom stereocenters. The third-order valence-electron chi connectivity index (χ3n) is 6.96. The van der Waals surface area contributed by atoms with Crippen molar-refractivity contribution in [2.75, 3.05) is 57.6 Å². The highest BCUT2D eigenvalue weighted by Gasteiger charge is 2.25. The van der Waals surface area contributed by atoms with Crippen molar-refractivity contribution in [3.05, 3.63) is 85.1 Å². The van der Waals surface area contributed by atoms with E-state index in [4.69, 9.17) is 19.6 Å². The molecule has 1 aromatic heterocycles. The van der Waals surface area contributed by atoms with Gasteiger partial charge in [0, 0.05) is 73.3 Å². The lowest BCUT2D eigenvalue weighted by Crippen LogP contribution is -2.51.